The minimum Gasteiger partial charge on any atom is -0.504 e. The van der Waals surface area contributed by atoms with Crippen LogP contribution < -0.4 is 10.1 Å². The lowest BCUT2D eigenvalue weighted by Gasteiger charge is -2.48. The van der Waals surface area contributed by atoms with Gasteiger partial charge in [0.05, 0.1) is 12.5 Å². The Hall–Kier alpha value is -2.53. The normalized spacial score (nSPS) is 31.2. The summed E-state index contributed by atoms with van der Waals surface area (Å²) in [6, 6.07) is 16.9. The summed E-state index contributed by atoms with van der Waals surface area (Å²) in [5, 5.41) is 14.0. The van der Waals surface area contributed by atoms with Crippen LogP contribution in [0.4, 0.5) is 0 Å². The first-order chi connectivity index (χ1) is 17.2. The molecule has 2 aromatic rings. The van der Waals surface area contributed by atoms with Gasteiger partial charge >= 0.3 is 0 Å². The predicted molar refractivity (Wildman–Crippen MR) is 137 cm³/mol. The summed E-state index contributed by atoms with van der Waals surface area (Å²) in [6.45, 7) is 2.84. The van der Waals surface area contributed by atoms with Gasteiger partial charge in [0.25, 0.3) is 0 Å². The molecule has 5 nitrogen and oxygen atoms in total. The van der Waals surface area contributed by atoms with Crippen molar-refractivity contribution in [1.29, 1.82) is 0 Å². The molecule has 5 heteroatoms. The highest BCUT2D eigenvalue weighted by Crippen LogP contribution is 2.50. The highest BCUT2D eigenvalue weighted by Gasteiger charge is 2.53. The van der Waals surface area contributed by atoms with Crippen molar-refractivity contribution in [3.05, 3.63) is 59.7 Å². The smallest absolute Gasteiger partial charge is 0.228 e. The molecule has 3 heterocycles. The largest absolute Gasteiger partial charge is 0.504 e. The first-order valence-corrected chi connectivity index (χ1v) is 13.7. The predicted octanol–water partition coefficient (Wildman–Crippen LogP) is 4.99. The summed E-state index contributed by atoms with van der Waals surface area (Å²) >= 11 is 0. The van der Waals surface area contributed by atoms with Crippen LogP contribution in [0.1, 0.15) is 68.4 Å². The number of benzene rings is 2. The molecule has 2 aromatic carbocycles. The monoisotopic (exact) mass is 474 g/mol. The number of rotatable bonds is 3. The fourth-order valence-electron chi connectivity index (χ4n) is 7.63. The van der Waals surface area contributed by atoms with E-state index in [0.29, 0.717) is 42.7 Å². The Morgan fingerprint density at radius 2 is 1.86 bits per heavy atom. The van der Waals surface area contributed by atoms with E-state index in [2.05, 4.69) is 46.6 Å². The van der Waals surface area contributed by atoms with E-state index in [9.17, 15) is 9.90 Å². The molecule has 1 spiro atoms. The quantitative estimate of drug-likeness (QED) is 0.658. The van der Waals surface area contributed by atoms with Gasteiger partial charge in [0.1, 0.15) is 0 Å². The van der Waals surface area contributed by atoms with Gasteiger partial charge in [-0.2, -0.15) is 0 Å². The van der Waals surface area contributed by atoms with E-state index in [1.807, 2.05) is 6.07 Å². The van der Waals surface area contributed by atoms with Crippen molar-refractivity contribution in [3.63, 3.8) is 0 Å². The van der Waals surface area contributed by atoms with Gasteiger partial charge < -0.3 is 20.1 Å². The van der Waals surface area contributed by atoms with Crippen molar-refractivity contribution in [3.8, 4) is 11.5 Å². The molecule has 0 unspecified atom stereocenters. The zero-order valence-electron chi connectivity index (χ0n) is 20.6. The van der Waals surface area contributed by atoms with Crippen LogP contribution in [0.25, 0.3) is 0 Å². The second-order valence-corrected chi connectivity index (χ2v) is 11.2. The Morgan fingerprint density at radius 3 is 2.69 bits per heavy atom. The third-order valence-corrected chi connectivity index (χ3v) is 9.47. The van der Waals surface area contributed by atoms with E-state index >= 15 is 0 Å². The number of para-hydroxylation sites is 1. The van der Waals surface area contributed by atoms with Crippen LogP contribution in [0, 0.1) is 11.8 Å². The molecule has 2 N–H and O–H groups in total. The number of carbonyl (C=O) groups excluding carboxylic acids is 1. The fraction of sp³-hybridized carbons (Fsp3) is 0.567. The molecule has 0 aromatic heterocycles. The molecule has 2 saturated heterocycles. The van der Waals surface area contributed by atoms with Gasteiger partial charge in [-0.25, -0.2) is 0 Å². The van der Waals surface area contributed by atoms with Gasteiger partial charge in [-0.3, -0.25) is 4.79 Å². The van der Waals surface area contributed by atoms with Gasteiger partial charge in [-0.15, -0.1) is 0 Å². The fourth-order valence-corrected chi connectivity index (χ4v) is 7.63. The molecule has 35 heavy (non-hydrogen) atoms. The van der Waals surface area contributed by atoms with Gasteiger partial charge in [-0.1, -0.05) is 61.7 Å². The van der Waals surface area contributed by atoms with Gasteiger partial charge in [0.15, 0.2) is 11.5 Å². The van der Waals surface area contributed by atoms with Gasteiger partial charge in [-0.05, 0) is 55.6 Å². The van der Waals surface area contributed by atoms with Crippen LogP contribution in [0.3, 0.4) is 0 Å². The third-order valence-electron chi connectivity index (χ3n) is 9.47. The zero-order valence-corrected chi connectivity index (χ0v) is 20.6. The molecule has 1 amide bonds. The number of piperidine rings is 1. The highest BCUT2D eigenvalue weighted by molar-refractivity contribution is 5.82. The molecule has 3 fully saturated rings. The summed E-state index contributed by atoms with van der Waals surface area (Å²) in [5.41, 5.74) is 2.12. The number of nitrogens with one attached hydrogen (secondary N) is 1. The summed E-state index contributed by atoms with van der Waals surface area (Å²) in [5.74, 6) is 2.09. The van der Waals surface area contributed by atoms with Crippen molar-refractivity contribution in [1.82, 2.24) is 10.2 Å². The number of phenolic OH excluding ortho intramolecular Hbond substituents is 1. The maximum Gasteiger partial charge on any atom is 0.228 e. The molecule has 186 valence electrons. The minimum absolute atomic E-state index is 0.119. The van der Waals surface area contributed by atoms with Crippen molar-refractivity contribution < 1.29 is 14.6 Å². The van der Waals surface area contributed by atoms with Crippen LogP contribution in [-0.4, -0.2) is 48.2 Å². The molecule has 4 atom stereocenters. The number of ether oxygens (including phenoxy) is 1. The average molecular weight is 475 g/mol. The minimum atomic E-state index is -0.309. The number of phenols is 1. The summed E-state index contributed by atoms with van der Waals surface area (Å²) in [6.07, 6.45) is 9.32. The van der Waals surface area contributed by atoms with Crippen LogP contribution in [0.15, 0.2) is 48.5 Å². The molecule has 6 rings (SSSR count). The Labute approximate surface area is 208 Å². The molecular weight excluding hydrogens is 436 g/mol. The van der Waals surface area contributed by atoms with Crippen molar-refractivity contribution >= 4 is 5.91 Å². The lowest BCUT2D eigenvalue weighted by Crippen LogP contribution is -2.55. The Balaban J connectivity index is 1.31. The second-order valence-electron chi connectivity index (χ2n) is 11.2. The number of fused-ring (bicyclic) bond motifs is 2. The SMILES string of the molecule is O=C([C@@H]1CNC[C@]12CCOc1c(O)cccc12)N1CC[C@@H](c2ccccc2)C[C@H]1C1CCCCC1. The van der Waals surface area contributed by atoms with E-state index in [1.165, 1.54) is 37.7 Å². The number of nitrogens with zero attached hydrogens (tertiary/aromatic N) is 1. The maximum atomic E-state index is 14.4. The Kier molecular flexibility index (Phi) is 6.21. The molecule has 1 aliphatic carbocycles. The summed E-state index contributed by atoms with van der Waals surface area (Å²) < 4.78 is 5.89. The standard InChI is InChI=1S/C30H38N2O3/c33-27-13-7-12-24-28(27)35-17-15-30(24)20-31-19-25(30)29(34)32-16-14-23(21-8-3-1-4-9-21)18-26(32)22-10-5-2-6-11-22/h1,3-4,7-9,12-13,22-23,25-26,31,33H,2,5-6,10-11,14-20H2/t23-,25+,26+,30+/m1/s1. The lowest BCUT2D eigenvalue weighted by molar-refractivity contribution is -0.143. The number of aromatic hydroxyl groups is 1. The number of likely N-dealkylation sites (tertiary alicyclic amines) is 1. The topological polar surface area (TPSA) is 61.8 Å². The van der Waals surface area contributed by atoms with E-state index in [-0.39, 0.29) is 17.1 Å². The van der Waals surface area contributed by atoms with Crippen LogP contribution in [0.2, 0.25) is 0 Å². The molecule has 1 saturated carbocycles. The van der Waals surface area contributed by atoms with Crippen LogP contribution >= 0.6 is 0 Å². The lowest BCUT2D eigenvalue weighted by atomic mass is 9.67. The second kappa shape index (κ2) is 9.50. The van der Waals surface area contributed by atoms with E-state index in [1.54, 1.807) is 6.07 Å². The molecule has 0 bridgehead atoms. The molecular formula is C30H38N2O3. The van der Waals surface area contributed by atoms with Crippen molar-refractivity contribution in [2.45, 2.75) is 68.7 Å². The summed E-state index contributed by atoms with van der Waals surface area (Å²) in [7, 11) is 0. The number of carbonyl (C=O) groups is 1. The zero-order chi connectivity index (χ0) is 23.8. The average Bonchev–Trinajstić information content (AvgIpc) is 3.33. The van der Waals surface area contributed by atoms with Crippen molar-refractivity contribution in [2.24, 2.45) is 11.8 Å². The van der Waals surface area contributed by atoms with Crippen LogP contribution in [0.5, 0.6) is 11.5 Å². The number of hydrogen-bond acceptors (Lipinski definition) is 4. The number of hydrogen-bond donors (Lipinski definition) is 2. The Bertz CT molecular complexity index is 1050. The van der Waals surface area contributed by atoms with Gasteiger partial charge in [0, 0.05) is 36.7 Å². The Morgan fingerprint density at radius 1 is 1.03 bits per heavy atom. The molecule has 0 radical (unpaired) electrons. The third kappa shape index (κ3) is 4.02. The van der Waals surface area contributed by atoms with E-state index in [0.717, 1.165) is 37.9 Å². The van der Waals surface area contributed by atoms with E-state index < -0.39 is 0 Å². The van der Waals surface area contributed by atoms with Gasteiger partial charge in [0.2, 0.25) is 5.91 Å². The molecule has 3 aliphatic heterocycles. The molecule has 4 aliphatic rings. The highest BCUT2D eigenvalue weighted by atomic mass is 16.5. The summed E-state index contributed by atoms with van der Waals surface area (Å²) in [4.78, 5) is 16.7. The first-order valence-electron chi connectivity index (χ1n) is 13.7. The van der Waals surface area contributed by atoms with Crippen LogP contribution in [-0.2, 0) is 10.2 Å². The maximum absolute atomic E-state index is 14.4. The van der Waals surface area contributed by atoms with E-state index in [4.69, 9.17) is 4.74 Å². The van der Waals surface area contributed by atoms with Crippen molar-refractivity contribution in [2.75, 3.05) is 26.2 Å². The first kappa shape index (κ1) is 22.9. The number of amides is 1.